The molecule has 0 aliphatic carbocycles. The average molecular weight is 324 g/mol. The maximum absolute atomic E-state index is 8.68. The monoisotopic (exact) mass is 324 g/mol. The van der Waals surface area contributed by atoms with E-state index in [1.165, 1.54) is 0 Å². The van der Waals surface area contributed by atoms with E-state index in [0.29, 0.717) is 12.8 Å². The number of hydrogen-bond acceptors (Lipinski definition) is 4. The van der Waals surface area contributed by atoms with Gasteiger partial charge in [0.1, 0.15) is 11.6 Å². The van der Waals surface area contributed by atoms with Crippen LogP contribution < -0.4 is 0 Å². The van der Waals surface area contributed by atoms with E-state index in [2.05, 4.69) is 19.9 Å². The number of aromatic nitrogens is 4. The number of hydrogen-bond donors (Lipinski definition) is 4. The Morgan fingerprint density at radius 2 is 1.08 bits per heavy atom. The summed E-state index contributed by atoms with van der Waals surface area (Å²) in [5.74, 6) is 1.69. The Hall–Kier alpha value is -2.70. The number of imidazole rings is 2. The Kier molecular flexibility index (Phi) is 5.20. The second-order valence-electron chi connectivity index (χ2n) is 5.35. The molecule has 0 radical (unpaired) electrons. The van der Waals surface area contributed by atoms with E-state index >= 15 is 0 Å². The summed E-state index contributed by atoms with van der Waals surface area (Å²) in [6, 6.07) is 15.7. The Balaban J connectivity index is 0.000000141. The molecule has 0 saturated carbocycles. The van der Waals surface area contributed by atoms with E-state index in [4.69, 9.17) is 10.2 Å². The molecule has 2 heterocycles. The number of H-pyrrole nitrogens is 2. The molecule has 0 aliphatic heterocycles. The zero-order valence-electron chi connectivity index (χ0n) is 13.2. The molecule has 0 amide bonds. The third-order valence-electron chi connectivity index (χ3n) is 3.57. The second-order valence-corrected chi connectivity index (χ2v) is 5.35. The summed E-state index contributed by atoms with van der Waals surface area (Å²) in [4.78, 5) is 14.8. The highest BCUT2D eigenvalue weighted by Gasteiger charge is 2.00. The molecule has 0 fully saturated rings. The molecule has 0 saturated heterocycles. The van der Waals surface area contributed by atoms with E-state index in [-0.39, 0.29) is 13.2 Å². The molecule has 4 N–H and O–H groups in total. The van der Waals surface area contributed by atoms with Crippen LogP contribution in [0, 0.1) is 0 Å². The average Bonchev–Trinajstić information content (AvgIpc) is 3.18. The van der Waals surface area contributed by atoms with Crippen molar-refractivity contribution in [2.45, 2.75) is 12.8 Å². The summed E-state index contributed by atoms with van der Waals surface area (Å²) in [6.45, 7) is 0.277. The van der Waals surface area contributed by atoms with Gasteiger partial charge in [-0.25, -0.2) is 9.97 Å². The minimum Gasteiger partial charge on any atom is -0.396 e. The standard InChI is InChI=1S/2C9H10N2O/c2*12-6-5-9-10-7-3-1-2-4-8(7)11-9/h2*1-4,12H,5-6H2,(H,10,11). The molecule has 4 aromatic rings. The fourth-order valence-electron chi connectivity index (χ4n) is 2.46. The van der Waals surface area contributed by atoms with E-state index in [1.807, 2.05) is 48.5 Å². The summed E-state index contributed by atoms with van der Waals surface area (Å²) in [5, 5.41) is 17.4. The molecule has 24 heavy (non-hydrogen) atoms. The van der Waals surface area contributed by atoms with Gasteiger partial charge in [-0.1, -0.05) is 24.3 Å². The highest BCUT2D eigenvalue weighted by Crippen LogP contribution is 2.10. The maximum Gasteiger partial charge on any atom is 0.109 e. The zero-order valence-corrected chi connectivity index (χ0v) is 13.2. The normalized spacial score (nSPS) is 10.8. The van der Waals surface area contributed by atoms with Crippen molar-refractivity contribution in [1.82, 2.24) is 19.9 Å². The number of rotatable bonds is 4. The Bertz CT molecular complexity index is 771. The van der Waals surface area contributed by atoms with Crippen LogP contribution in [0.2, 0.25) is 0 Å². The molecule has 0 bridgehead atoms. The fourth-order valence-corrected chi connectivity index (χ4v) is 2.46. The summed E-state index contributed by atoms with van der Waals surface area (Å²) >= 11 is 0. The van der Waals surface area contributed by atoms with Gasteiger partial charge in [0.15, 0.2) is 0 Å². The molecule has 6 nitrogen and oxygen atoms in total. The molecule has 2 aromatic carbocycles. The van der Waals surface area contributed by atoms with Gasteiger partial charge in [0.2, 0.25) is 0 Å². The van der Waals surface area contributed by atoms with Crippen molar-refractivity contribution in [1.29, 1.82) is 0 Å². The Labute approximate surface area is 139 Å². The molecule has 6 heteroatoms. The van der Waals surface area contributed by atoms with Gasteiger partial charge in [0.05, 0.1) is 35.3 Å². The van der Waals surface area contributed by atoms with E-state index in [0.717, 1.165) is 33.7 Å². The van der Waals surface area contributed by atoms with Crippen molar-refractivity contribution in [3.63, 3.8) is 0 Å². The van der Waals surface area contributed by atoms with Gasteiger partial charge in [0.25, 0.3) is 0 Å². The molecule has 0 aliphatic rings. The van der Waals surface area contributed by atoms with Crippen molar-refractivity contribution in [2.24, 2.45) is 0 Å². The van der Waals surface area contributed by atoms with Gasteiger partial charge in [-0.2, -0.15) is 0 Å². The lowest BCUT2D eigenvalue weighted by Gasteiger charge is -1.86. The molecule has 4 rings (SSSR count). The third-order valence-corrected chi connectivity index (χ3v) is 3.57. The van der Waals surface area contributed by atoms with Crippen molar-refractivity contribution in [2.75, 3.05) is 13.2 Å². The SMILES string of the molecule is OCCc1nc2ccccc2[nH]1.OCCc1nc2ccccc2[nH]1. The largest absolute Gasteiger partial charge is 0.396 e. The topological polar surface area (TPSA) is 97.8 Å². The van der Waals surface area contributed by atoms with Crippen LogP contribution in [0.25, 0.3) is 22.1 Å². The number of nitrogens with one attached hydrogen (secondary N) is 2. The number of aliphatic hydroxyl groups is 2. The Morgan fingerprint density at radius 3 is 1.46 bits per heavy atom. The van der Waals surface area contributed by atoms with Crippen molar-refractivity contribution >= 4 is 22.1 Å². The minimum atomic E-state index is 0.139. The van der Waals surface area contributed by atoms with Gasteiger partial charge in [0, 0.05) is 12.8 Å². The highest BCUT2D eigenvalue weighted by molar-refractivity contribution is 5.75. The third kappa shape index (κ3) is 3.79. The van der Waals surface area contributed by atoms with Gasteiger partial charge >= 0.3 is 0 Å². The first-order valence-corrected chi connectivity index (χ1v) is 7.89. The molecule has 0 unspecified atom stereocenters. The lowest BCUT2D eigenvalue weighted by molar-refractivity contribution is 0.296. The van der Waals surface area contributed by atoms with Crippen molar-refractivity contribution in [3.05, 3.63) is 60.2 Å². The minimum absolute atomic E-state index is 0.139. The predicted octanol–water partition coefficient (Wildman–Crippen LogP) is 2.20. The second kappa shape index (κ2) is 7.72. The van der Waals surface area contributed by atoms with Crippen LogP contribution in [-0.4, -0.2) is 43.4 Å². The van der Waals surface area contributed by atoms with Crippen LogP contribution in [0.4, 0.5) is 0 Å². The predicted molar refractivity (Wildman–Crippen MR) is 93.8 cm³/mol. The number of nitrogens with zero attached hydrogens (tertiary/aromatic N) is 2. The van der Waals surface area contributed by atoms with Crippen LogP contribution in [0.3, 0.4) is 0 Å². The number of aromatic amines is 2. The fraction of sp³-hybridized carbons (Fsp3) is 0.222. The number of fused-ring (bicyclic) bond motifs is 2. The summed E-state index contributed by atoms with van der Waals surface area (Å²) in [7, 11) is 0. The molecular formula is C18H20N4O2. The molecule has 2 aromatic heterocycles. The molecule has 0 spiro atoms. The molecule has 0 atom stereocenters. The zero-order chi connectivity index (χ0) is 16.8. The van der Waals surface area contributed by atoms with Crippen LogP contribution in [0.5, 0.6) is 0 Å². The van der Waals surface area contributed by atoms with Gasteiger partial charge in [-0.15, -0.1) is 0 Å². The summed E-state index contributed by atoms with van der Waals surface area (Å²) in [6.07, 6.45) is 1.18. The van der Waals surface area contributed by atoms with Crippen LogP contribution >= 0.6 is 0 Å². The van der Waals surface area contributed by atoms with Crippen molar-refractivity contribution < 1.29 is 10.2 Å². The first kappa shape index (κ1) is 16.2. The van der Waals surface area contributed by atoms with Gasteiger partial charge in [-0.05, 0) is 24.3 Å². The van der Waals surface area contributed by atoms with Gasteiger partial charge < -0.3 is 20.2 Å². The summed E-state index contributed by atoms with van der Waals surface area (Å²) < 4.78 is 0. The van der Waals surface area contributed by atoms with Crippen LogP contribution in [-0.2, 0) is 12.8 Å². The van der Waals surface area contributed by atoms with E-state index in [9.17, 15) is 0 Å². The highest BCUT2D eigenvalue weighted by atomic mass is 16.3. The van der Waals surface area contributed by atoms with Crippen LogP contribution in [0.1, 0.15) is 11.6 Å². The van der Waals surface area contributed by atoms with Crippen LogP contribution in [0.15, 0.2) is 48.5 Å². The molecular weight excluding hydrogens is 304 g/mol. The first-order chi connectivity index (χ1) is 11.8. The number of benzene rings is 2. The van der Waals surface area contributed by atoms with Crippen molar-refractivity contribution in [3.8, 4) is 0 Å². The van der Waals surface area contributed by atoms with E-state index in [1.54, 1.807) is 0 Å². The number of aliphatic hydroxyl groups excluding tert-OH is 2. The Morgan fingerprint density at radius 1 is 0.667 bits per heavy atom. The summed E-state index contributed by atoms with van der Waals surface area (Å²) in [5.41, 5.74) is 3.98. The lowest BCUT2D eigenvalue weighted by atomic mass is 10.3. The lowest BCUT2D eigenvalue weighted by Crippen LogP contribution is -1.91. The maximum atomic E-state index is 8.68. The quantitative estimate of drug-likeness (QED) is 0.462. The van der Waals surface area contributed by atoms with E-state index < -0.39 is 0 Å². The number of para-hydroxylation sites is 4. The first-order valence-electron chi connectivity index (χ1n) is 7.89. The molecule has 124 valence electrons. The smallest absolute Gasteiger partial charge is 0.109 e. The van der Waals surface area contributed by atoms with Gasteiger partial charge in [-0.3, -0.25) is 0 Å².